The van der Waals surface area contributed by atoms with Crippen LogP contribution in [-0.2, 0) is 0 Å². The standard InChI is InChI=1S/C11H13N3/c1-4-12-11(14(2)3)13-10-8-6-5-7-9-10/h1,5-9H,2-3H3,(H,12,13). The van der Waals surface area contributed by atoms with Crippen LogP contribution in [-0.4, -0.2) is 25.0 Å². The molecule has 0 atom stereocenters. The number of anilines is 1. The van der Waals surface area contributed by atoms with Gasteiger partial charge in [0.15, 0.2) is 0 Å². The summed E-state index contributed by atoms with van der Waals surface area (Å²) in [4.78, 5) is 5.70. The Balaban J connectivity index is 2.77. The Morgan fingerprint density at radius 3 is 2.50 bits per heavy atom. The topological polar surface area (TPSA) is 27.6 Å². The van der Waals surface area contributed by atoms with E-state index >= 15 is 0 Å². The molecule has 0 aliphatic heterocycles. The summed E-state index contributed by atoms with van der Waals surface area (Å²) in [5.74, 6) is 0.652. The van der Waals surface area contributed by atoms with Crippen molar-refractivity contribution in [2.75, 3.05) is 19.4 Å². The SMILES string of the molecule is C#CN=C(Nc1ccccc1)N(C)C. The summed E-state index contributed by atoms with van der Waals surface area (Å²) in [7, 11) is 3.76. The van der Waals surface area contributed by atoms with Gasteiger partial charge in [-0.15, -0.1) is 0 Å². The minimum absolute atomic E-state index is 0.652. The predicted octanol–water partition coefficient (Wildman–Crippen LogP) is 1.61. The maximum atomic E-state index is 5.12. The quantitative estimate of drug-likeness (QED) is 0.411. The first-order valence-corrected chi connectivity index (χ1v) is 4.26. The van der Waals surface area contributed by atoms with E-state index in [-0.39, 0.29) is 0 Å². The maximum Gasteiger partial charge on any atom is 0.211 e. The van der Waals surface area contributed by atoms with Crippen LogP contribution in [0.25, 0.3) is 0 Å². The molecule has 72 valence electrons. The first-order valence-electron chi connectivity index (χ1n) is 4.26. The second kappa shape index (κ2) is 4.93. The van der Waals surface area contributed by atoms with Gasteiger partial charge in [0.05, 0.1) is 0 Å². The fourth-order valence-electron chi connectivity index (χ4n) is 0.951. The highest BCUT2D eigenvalue weighted by molar-refractivity contribution is 5.93. The molecule has 3 nitrogen and oxygen atoms in total. The number of terminal acetylenes is 1. The van der Waals surface area contributed by atoms with Crippen LogP contribution in [0.15, 0.2) is 35.3 Å². The van der Waals surface area contributed by atoms with E-state index in [1.165, 1.54) is 0 Å². The summed E-state index contributed by atoms with van der Waals surface area (Å²) >= 11 is 0. The molecule has 0 saturated heterocycles. The molecule has 3 heteroatoms. The molecule has 1 aromatic rings. The number of guanidine groups is 1. The monoisotopic (exact) mass is 187 g/mol. The van der Waals surface area contributed by atoms with Crippen molar-refractivity contribution in [1.29, 1.82) is 0 Å². The van der Waals surface area contributed by atoms with Gasteiger partial charge in [0, 0.05) is 25.8 Å². The van der Waals surface area contributed by atoms with Gasteiger partial charge in [-0.25, -0.2) is 0 Å². The molecule has 0 bridgehead atoms. The molecule has 0 aliphatic rings. The number of hydrogen-bond donors (Lipinski definition) is 1. The van der Waals surface area contributed by atoms with Gasteiger partial charge >= 0.3 is 0 Å². The van der Waals surface area contributed by atoms with Gasteiger partial charge in [-0.3, -0.25) is 0 Å². The lowest BCUT2D eigenvalue weighted by Gasteiger charge is -2.15. The van der Waals surface area contributed by atoms with Crippen molar-refractivity contribution in [3.05, 3.63) is 30.3 Å². The lowest BCUT2D eigenvalue weighted by Crippen LogP contribution is -2.29. The Morgan fingerprint density at radius 1 is 1.36 bits per heavy atom. The van der Waals surface area contributed by atoms with Crippen molar-refractivity contribution in [3.63, 3.8) is 0 Å². The van der Waals surface area contributed by atoms with Gasteiger partial charge in [0.25, 0.3) is 0 Å². The first kappa shape index (κ1) is 10.1. The molecule has 0 fully saturated rings. The third kappa shape index (κ3) is 2.83. The Labute approximate surface area is 84.5 Å². The normalized spacial score (nSPS) is 10.5. The second-order valence-corrected chi connectivity index (χ2v) is 2.95. The number of benzene rings is 1. The number of nitrogens with one attached hydrogen (secondary N) is 1. The Morgan fingerprint density at radius 2 is 2.00 bits per heavy atom. The van der Waals surface area contributed by atoms with E-state index in [1.54, 1.807) is 0 Å². The van der Waals surface area contributed by atoms with E-state index in [4.69, 9.17) is 6.42 Å². The highest BCUT2D eigenvalue weighted by Gasteiger charge is 2.00. The smallest absolute Gasteiger partial charge is 0.211 e. The van der Waals surface area contributed by atoms with E-state index in [0.29, 0.717) is 5.96 Å². The largest absolute Gasteiger partial charge is 0.348 e. The van der Waals surface area contributed by atoms with E-state index < -0.39 is 0 Å². The lowest BCUT2D eigenvalue weighted by atomic mass is 10.3. The zero-order chi connectivity index (χ0) is 10.4. The molecule has 1 aromatic carbocycles. The first-order chi connectivity index (χ1) is 6.74. The fourth-order valence-corrected chi connectivity index (χ4v) is 0.951. The summed E-state index contributed by atoms with van der Waals surface area (Å²) in [6.07, 6.45) is 5.12. The van der Waals surface area contributed by atoms with Crippen molar-refractivity contribution in [3.8, 4) is 12.5 Å². The van der Waals surface area contributed by atoms with E-state index in [0.717, 1.165) is 5.69 Å². The van der Waals surface area contributed by atoms with Crippen LogP contribution < -0.4 is 5.32 Å². The molecule has 0 heterocycles. The Kier molecular flexibility index (Phi) is 3.57. The molecule has 0 unspecified atom stereocenters. The lowest BCUT2D eigenvalue weighted by molar-refractivity contribution is 0.621. The molecule has 0 radical (unpaired) electrons. The second-order valence-electron chi connectivity index (χ2n) is 2.95. The molecule has 1 N–H and O–H groups in total. The molecule has 0 amide bonds. The van der Waals surface area contributed by atoms with Gasteiger partial charge in [-0.2, -0.15) is 4.99 Å². The van der Waals surface area contributed by atoms with Gasteiger partial charge in [-0.1, -0.05) is 24.6 Å². The van der Waals surface area contributed by atoms with Crippen LogP contribution in [0.3, 0.4) is 0 Å². The number of para-hydroxylation sites is 1. The van der Waals surface area contributed by atoms with Crippen molar-refractivity contribution >= 4 is 11.6 Å². The van der Waals surface area contributed by atoms with Crippen molar-refractivity contribution in [2.45, 2.75) is 0 Å². The van der Waals surface area contributed by atoms with Crippen LogP contribution in [0, 0.1) is 12.5 Å². The van der Waals surface area contributed by atoms with Gasteiger partial charge < -0.3 is 10.2 Å². The zero-order valence-electron chi connectivity index (χ0n) is 8.36. The Hall–Kier alpha value is -1.95. The van der Waals surface area contributed by atoms with Crippen molar-refractivity contribution < 1.29 is 0 Å². The number of nitrogens with zero attached hydrogens (tertiary/aromatic N) is 2. The number of hydrogen-bond acceptors (Lipinski definition) is 1. The average molecular weight is 187 g/mol. The van der Waals surface area contributed by atoms with E-state index in [9.17, 15) is 0 Å². The minimum Gasteiger partial charge on any atom is -0.348 e. The Bertz CT molecular complexity index is 347. The van der Waals surface area contributed by atoms with E-state index in [2.05, 4.69) is 16.4 Å². The van der Waals surface area contributed by atoms with Gasteiger partial charge in [0.2, 0.25) is 5.96 Å². The summed E-state index contributed by atoms with van der Waals surface area (Å²) < 4.78 is 0. The highest BCUT2D eigenvalue weighted by atomic mass is 15.3. The molecule has 0 spiro atoms. The molecule has 0 aliphatic carbocycles. The average Bonchev–Trinajstić information content (AvgIpc) is 2.18. The molecule has 0 saturated carbocycles. The van der Waals surface area contributed by atoms with Crippen LogP contribution in [0.5, 0.6) is 0 Å². The summed E-state index contributed by atoms with van der Waals surface area (Å²) in [6, 6.07) is 12.0. The highest BCUT2D eigenvalue weighted by Crippen LogP contribution is 2.05. The molecule has 0 aromatic heterocycles. The third-order valence-corrected chi connectivity index (χ3v) is 1.62. The number of rotatable bonds is 1. The minimum atomic E-state index is 0.652. The third-order valence-electron chi connectivity index (χ3n) is 1.62. The van der Waals surface area contributed by atoms with Crippen molar-refractivity contribution in [1.82, 2.24) is 4.90 Å². The zero-order valence-corrected chi connectivity index (χ0v) is 8.36. The molecular formula is C11H13N3. The van der Waals surface area contributed by atoms with Crippen LogP contribution >= 0.6 is 0 Å². The molecular weight excluding hydrogens is 174 g/mol. The van der Waals surface area contributed by atoms with Crippen molar-refractivity contribution in [2.24, 2.45) is 4.99 Å². The van der Waals surface area contributed by atoms with Gasteiger partial charge in [0.1, 0.15) is 0 Å². The summed E-state index contributed by atoms with van der Waals surface area (Å²) in [6.45, 7) is 0. The summed E-state index contributed by atoms with van der Waals surface area (Å²) in [5.41, 5.74) is 0.968. The van der Waals surface area contributed by atoms with Gasteiger partial charge in [-0.05, 0) is 12.1 Å². The van der Waals surface area contributed by atoms with Crippen LogP contribution in [0.4, 0.5) is 5.69 Å². The number of aliphatic imine (C=N–C) groups is 1. The predicted molar refractivity (Wildman–Crippen MR) is 60.0 cm³/mol. The maximum absolute atomic E-state index is 5.12. The van der Waals surface area contributed by atoms with Crippen LogP contribution in [0.2, 0.25) is 0 Å². The fraction of sp³-hybridized carbons (Fsp3) is 0.182. The molecule has 14 heavy (non-hydrogen) atoms. The van der Waals surface area contributed by atoms with Crippen LogP contribution in [0.1, 0.15) is 0 Å². The molecule has 1 rings (SSSR count). The van der Waals surface area contributed by atoms with E-state index in [1.807, 2.05) is 49.3 Å². The summed E-state index contributed by atoms with van der Waals surface area (Å²) in [5, 5.41) is 3.11.